The summed E-state index contributed by atoms with van der Waals surface area (Å²) in [6.07, 6.45) is 0.509. The summed E-state index contributed by atoms with van der Waals surface area (Å²) in [7, 11) is 1.51. The summed E-state index contributed by atoms with van der Waals surface area (Å²) in [5.74, 6) is -0.292. The van der Waals surface area contributed by atoms with Gasteiger partial charge >= 0.3 is 0 Å². The number of nitrogens with one attached hydrogen (secondary N) is 1. The highest BCUT2D eigenvalue weighted by Crippen LogP contribution is 2.29. The topological polar surface area (TPSA) is 95.7 Å². The quantitative estimate of drug-likeness (QED) is 0.577. The lowest BCUT2D eigenvalue weighted by Crippen LogP contribution is -2.26. The molecule has 1 aromatic carbocycles. The van der Waals surface area contributed by atoms with Crippen LogP contribution < -0.4 is 10.2 Å². The standard InChI is InChI=1S/C13H19N3O4/c1-3-15(7-4-8-17)12-9-10(13(18)14-2)5-6-11(12)16(19)20/h5-6,9,17H,3-4,7-8H2,1-2H3,(H,14,18). The van der Waals surface area contributed by atoms with Crippen molar-refractivity contribution >= 4 is 17.3 Å². The number of nitro groups is 1. The number of carbonyl (C=O) groups excluding carboxylic acids is 1. The minimum absolute atomic E-state index is 0.0133. The van der Waals surface area contributed by atoms with Gasteiger partial charge in [0.1, 0.15) is 5.69 Å². The van der Waals surface area contributed by atoms with Crippen molar-refractivity contribution in [3.05, 3.63) is 33.9 Å². The molecule has 0 radical (unpaired) electrons. The van der Waals surface area contributed by atoms with Crippen LogP contribution in [0.5, 0.6) is 0 Å². The van der Waals surface area contributed by atoms with Crippen LogP contribution in [0.15, 0.2) is 18.2 Å². The summed E-state index contributed by atoms with van der Waals surface area (Å²) < 4.78 is 0. The van der Waals surface area contributed by atoms with Crippen molar-refractivity contribution < 1.29 is 14.8 Å². The Morgan fingerprint density at radius 1 is 1.50 bits per heavy atom. The maximum atomic E-state index is 11.6. The Morgan fingerprint density at radius 2 is 2.20 bits per heavy atom. The third-order valence-electron chi connectivity index (χ3n) is 2.97. The summed E-state index contributed by atoms with van der Waals surface area (Å²) in [5.41, 5.74) is 0.722. The molecule has 0 saturated carbocycles. The molecular weight excluding hydrogens is 262 g/mol. The molecule has 1 aromatic rings. The van der Waals surface area contributed by atoms with E-state index in [1.807, 2.05) is 6.92 Å². The van der Waals surface area contributed by atoms with Gasteiger partial charge in [0.2, 0.25) is 0 Å². The van der Waals surface area contributed by atoms with E-state index in [0.717, 1.165) is 0 Å². The zero-order valence-corrected chi connectivity index (χ0v) is 11.6. The Morgan fingerprint density at radius 3 is 2.70 bits per heavy atom. The fourth-order valence-electron chi connectivity index (χ4n) is 1.93. The molecule has 0 bridgehead atoms. The zero-order chi connectivity index (χ0) is 15.1. The lowest BCUT2D eigenvalue weighted by molar-refractivity contribution is -0.384. The van der Waals surface area contributed by atoms with Gasteiger partial charge in [-0.1, -0.05) is 0 Å². The number of aliphatic hydroxyl groups excluding tert-OH is 1. The van der Waals surface area contributed by atoms with E-state index >= 15 is 0 Å². The Hall–Kier alpha value is -2.15. The second-order valence-electron chi connectivity index (χ2n) is 4.20. The Labute approximate surface area is 117 Å². The number of hydrogen-bond donors (Lipinski definition) is 2. The molecule has 0 aliphatic heterocycles. The second kappa shape index (κ2) is 7.44. The van der Waals surface area contributed by atoms with Crippen molar-refractivity contribution in [1.29, 1.82) is 0 Å². The third kappa shape index (κ3) is 3.67. The molecule has 1 rings (SSSR count). The van der Waals surface area contributed by atoms with E-state index in [2.05, 4.69) is 5.32 Å². The number of anilines is 1. The molecule has 0 atom stereocenters. The van der Waals surface area contributed by atoms with Gasteiger partial charge < -0.3 is 15.3 Å². The molecule has 0 aliphatic carbocycles. The predicted molar refractivity (Wildman–Crippen MR) is 76.1 cm³/mol. The first kappa shape index (κ1) is 15.9. The molecule has 0 unspecified atom stereocenters. The molecule has 7 nitrogen and oxygen atoms in total. The first-order valence-electron chi connectivity index (χ1n) is 6.41. The van der Waals surface area contributed by atoms with Crippen molar-refractivity contribution in [3.63, 3.8) is 0 Å². The van der Waals surface area contributed by atoms with Crippen LogP contribution in [-0.4, -0.2) is 42.7 Å². The highest BCUT2D eigenvalue weighted by Gasteiger charge is 2.20. The lowest BCUT2D eigenvalue weighted by atomic mass is 10.1. The third-order valence-corrected chi connectivity index (χ3v) is 2.97. The van der Waals surface area contributed by atoms with Crippen molar-refractivity contribution in [3.8, 4) is 0 Å². The first-order valence-corrected chi connectivity index (χ1v) is 6.41. The average Bonchev–Trinajstić information content (AvgIpc) is 2.46. The average molecular weight is 281 g/mol. The number of amides is 1. The highest BCUT2D eigenvalue weighted by molar-refractivity contribution is 5.95. The number of aliphatic hydroxyl groups is 1. The number of nitrogens with zero attached hydrogens (tertiary/aromatic N) is 2. The van der Waals surface area contributed by atoms with Gasteiger partial charge in [0.15, 0.2) is 0 Å². The molecule has 20 heavy (non-hydrogen) atoms. The predicted octanol–water partition coefficient (Wildman–Crippen LogP) is 1.16. The molecule has 0 aliphatic rings. The second-order valence-corrected chi connectivity index (χ2v) is 4.20. The first-order chi connectivity index (χ1) is 9.54. The van der Waals surface area contributed by atoms with Crippen LogP contribution in [0.1, 0.15) is 23.7 Å². The van der Waals surface area contributed by atoms with Gasteiger partial charge in [-0.25, -0.2) is 0 Å². The van der Waals surface area contributed by atoms with Crippen LogP contribution >= 0.6 is 0 Å². The van der Waals surface area contributed by atoms with E-state index in [1.54, 1.807) is 4.90 Å². The van der Waals surface area contributed by atoms with Crippen molar-refractivity contribution in [2.75, 3.05) is 31.6 Å². The summed E-state index contributed by atoms with van der Waals surface area (Å²) in [4.78, 5) is 24.0. The van der Waals surface area contributed by atoms with E-state index in [0.29, 0.717) is 30.8 Å². The van der Waals surface area contributed by atoms with Gasteiger partial charge in [-0.15, -0.1) is 0 Å². The van der Waals surface area contributed by atoms with Crippen LogP contribution in [0.25, 0.3) is 0 Å². The Bertz CT molecular complexity index is 491. The molecule has 110 valence electrons. The van der Waals surface area contributed by atoms with E-state index in [4.69, 9.17) is 5.11 Å². The molecule has 2 N–H and O–H groups in total. The number of hydrogen-bond acceptors (Lipinski definition) is 5. The normalized spacial score (nSPS) is 10.2. The number of rotatable bonds is 7. The molecule has 0 saturated heterocycles. The van der Waals surface area contributed by atoms with Gasteiger partial charge in [0.05, 0.1) is 4.92 Å². The fraction of sp³-hybridized carbons (Fsp3) is 0.462. The van der Waals surface area contributed by atoms with Crippen LogP contribution in [0.4, 0.5) is 11.4 Å². The molecular formula is C13H19N3O4. The maximum Gasteiger partial charge on any atom is 0.292 e. The monoisotopic (exact) mass is 281 g/mol. The van der Waals surface area contributed by atoms with Crippen LogP contribution in [0, 0.1) is 10.1 Å². The van der Waals surface area contributed by atoms with E-state index in [-0.39, 0.29) is 18.2 Å². The molecule has 0 heterocycles. The Kier molecular flexibility index (Phi) is 5.92. The Balaban J connectivity index is 3.22. The summed E-state index contributed by atoms with van der Waals surface area (Å²) in [5, 5.41) is 22.5. The number of carbonyl (C=O) groups is 1. The highest BCUT2D eigenvalue weighted by atomic mass is 16.6. The number of nitro benzene ring substituents is 1. The van der Waals surface area contributed by atoms with E-state index in [1.165, 1.54) is 25.2 Å². The fourth-order valence-corrected chi connectivity index (χ4v) is 1.93. The largest absolute Gasteiger partial charge is 0.396 e. The van der Waals surface area contributed by atoms with Gasteiger partial charge in [-0.3, -0.25) is 14.9 Å². The van der Waals surface area contributed by atoms with E-state index in [9.17, 15) is 14.9 Å². The minimum Gasteiger partial charge on any atom is -0.396 e. The molecule has 0 spiro atoms. The van der Waals surface area contributed by atoms with Gasteiger partial charge in [-0.05, 0) is 25.5 Å². The van der Waals surface area contributed by atoms with Crippen molar-refractivity contribution in [1.82, 2.24) is 5.32 Å². The molecule has 7 heteroatoms. The summed E-state index contributed by atoms with van der Waals surface area (Å²) in [6.45, 7) is 2.93. The van der Waals surface area contributed by atoms with Gasteiger partial charge in [0.25, 0.3) is 11.6 Å². The molecule has 0 aromatic heterocycles. The van der Waals surface area contributed by atoms with E-state index < -0.39 is 4.92 Å². The molecule has 1 amide bonds. The molecule has 0 fully saturated rings. The summed E-state index contributed by atoms with van der Waals surface area (Å²) >= 11 is 0. The SMILES string of the molecule is CCN(CCCO)c1cc(C(=O)NC)ccc1[N+](=O)[O-]. The summed E-state index contributed by atoms with van der Waals surface area (Å²) in [6, 6.07) is 4.28. The number of benzene rings is 1. The zero-order valence-electron chi connectivity index (χ0n) is 11.6. The van der Waals surface area contributed by atoms with Crippen LogP contribution in [0.2, 0.25) is 0 Å². The van der Waals surface area contributed by atoms with Crippen LogP contribution in [-0.2, 0) is 0 Å². The van der Waals surface area contributed by atoms with Gasteiger partial charge in [0, 0.05) is 38.4 Å². The lowest BCUT2D eigenvalue weighted by Gasteiger charge is -2.22. The maximum absolute atomic E-state index is 11.6. The van der Waals surface area contributed by atoms with Crippen LogP contribution in [0.3, 0.4) is 0 Å². The van der Waals surface area contributed by atoms with Crippen molar-refractivity contribution in [2.24, 2.45) is 0 Å². The van der Waals surface area contributed by atoms with Gasteiger partial charge in [-0.2, -0.15) is 0 Å². The smallest absolute Gasteiger partial charge is 0.292 e. The van der Waals surface area contributed by atoms with Crippen molar-refractivity contribution in [2.45, 2.75) is 13.3 Å². The minimum atomic E-state index is -0.468.